The fourth-order valence-electron chi connectivity index (χ4n) is 1.67. The number of nitrogens with one attached hydrogen (secondary N) is 1. The lowest BCUT2D eigenvalue weighted by Gasteiger charge is -2.31. The van der Waals surface area contributed by atoms with Crippen LogP contribution in [0.5, 0.6) is 0 Å². The molecule has 1 aliphatic heterocycles. The molecular weight excluding hydrogens is 186 g/mol. The van der Waals surface area contributed by atoms with Crippen LogP contribution in [0.3, 0.4) is 0 Å². The summed E-state index contributed by atoms with van der Waals surface area (Å²) >= 11 is 6.05. The molecule has 3 heteroatoms. The number of piperidine rings is 1. The van der Waals surface area contributed by atoms with Gasteiger partial charge in [-0.05, 0) is 19.4 Å². The summed E-state index contributed by atoms with van der Waals surface area (Å²) in [4.78, 5) is 11.9. The minimum absolute atomic E-state index is 0.00424. The molecule has 0 saturated carbocycles. The first kappa shape index (κ1) is 11.0. The monoisotopic (exact) mass is 203 g/mol. The summed E-state index contributed by atoms with van der Waals surface area (Å²) in [5.74, 6) is 0.273. The van der Waals surface area contributed by atoms with Gasteiger partial charge in [0, 0.05) is 11.3 Å². The lowest BCUT2D eigenvalue weighted by Crippen LogP contribution is -2.44. The maximum Gasteiger partial charge on any atom is 0.144 e. The molecule has 1 saturated heterocycles. The second-order valence-electron chi connectivity index (χ2n) is 4.72. The first-order valence-electron chi connectivity index (χ1n) is 4.84. The van der Waals surface area contributed by atoms with Gasteiger partial charge in [-0.25, -0.2) is 0 Å². The normalized spacial score (nSPS) is 30.2. The van der Waals surface area contributed by atoms with Crippen LogP contribution in [0.25, 0.3) is 0 Å². The van der Waals surface area contributed by atoms with E-state index in [4.69, 9.17) is 11.6 Å². The number of ketones is 1. The van der Waals surface area contributed by atoms with Crippen molar-refractivity contribution in [2.45, 2.75) is 39.1 Å². The van der Waals surface area contributed by atoms with Crippen LogP contribution < -0.4 is 5.32 Å². The molecule has 0 bridgehead atoms. The first-order chi connectivity index (χ1) is 5.93. The number of alkyl halides is 1. The molecule has 1 aliphatic rings. The zero-order valence-corrected chi connectivity index (χ0v) is 9.32. The maximum atomic E-state index is 11.9. The van der Waals surface area contributed by atoms with Gasteiger partial charge in [0.1, 0.15) is 5.78 Å². The highest BCUT2D eigenvalue weighted by molar-refractivity contribution is 6.22. The molecule has 1 N–H and O–H groups in total. The zero-order chi connectivity index (χ0) is 10.1. The van der Waals surface area contributed by atoms with Crippen LogP contribution >= 0.6 is 11.6 Å². The molecule has 1 rings (SSSR count). The molecule has 0 amide bonds. The standard InChI is InChI=1S/C10H18ClNO/c1-10(2,3)8(13)7-5-4-6-12-9(7)11/h7,9,12H,4-6H2,1-3H3. The van der Waals surface area contributed by atoms with Crippen molar-refractivity contribution in [1.29, 1.82) is 0 Å². The largest absolute Gasteiger partial charge is 0.301 e. The molecule has 0 spiro atoms. The van der Waals surface area contributed by atoms with E-state index in [9.17, 15) is 4.79 Å². The van der Waals surface area contributed by atoms with Crippen molar-refractivity contribution in [3.8, 4) is 0 Å². The Labute approximate surface area is 85.0 Å². The van der Waals surface area contributed by atoms with Gasteiger partial charge < -0.3 is 5.32 Å². The molecular formula is C10H18ClNO. The van der Waals surface area contributed by atoms with Crippen LogP contribution in [0.15, 0.2) is 0 Å². The number of hydrogen-bond acceptors (Lipinski definition) is 2. The molecule has 0 aromatic carbocycles. The molecule has 2 unspecified atom stereocenters. The van der Waals surface area contributed by atoms with E-state index in [1.165, 1.54) is 0 Å². The third kappa shape index (κ3) is 2.68. The Balaban J connectivity index is 2.64. The van der Waals surface area contributed by atoms with Crippen LogP contribution in [0.4, 0.5) is 0 Å². The van der Waals surface area contributed by atoms with Crippen molar-refractivity contribution >= 4 is 17.4 Å². The summed E-state index contributed by atoms with van der Waals surface area (Å²) in [7, 11) is 0. The van der Waals surface area contributed by atoms with Gasteiger partial charge in [-0.3, -0.25) is 4.79 Å². The van der Waals surface area contributed by atoms with E-state index in [2.05, 4.69) is 5.32 Å². The smallest absolute Gasteiger partial charge is 0.144 e. The Hall–Kier alpha value is -0.0800. The molecule has 0 aliphatic carbocycles. The SMILES string of the molecule is CC(C)(C)C(=O)C1CCCNC1Cl. The number of rotatable bonds is 1. The van der Waals surface area contributed by atoms with Crippen molar-refractivity contribution in [3.05, 3.63) is 0 Å². The number of halogens is 1. The van der Waals surface area contributed by atoms with E-state index in [1.807, 2.05) is 20.8 Å². The van der Waals surface area contributed by atoms with Gasteiger partial charge in [-0.2, -0.15) is 0 Å². The molecule has 76 valence electrons. The van der Waals surface area contributed by atoms with Gasteiger partial charge in [0.15, 0.2) is 0 Å². The van der Waals surface area contributed by atoms with Crippen LogP contribution in [0.1, 0.15) is 33.6 Å². The fourth-order valence-corrected chi connectivity index (χ4v) is 2.02. The van der Waals surface area contributed by atoms with Crippen molar-refractivity contribution in [1.82, 2.24) is 5.32 Å². The lowest BCUT2D eigenvalue weighted by atomic mass is 9.80. The van der Waals surface area contributed by atoms with E-state index >= 15 is 0 Å². The minimum Gasteiger partial charge on any atom is -0.301 e. The molecule has 1 heterocycles. The van der Waals surface area contributed by atoms with Crippen molar-refractivity contribution in [2.24, 2.45) is 11.3 Å². The van der Waals surface area contributed by atoms with Crippen LogP contribution in [0.2, 0.25) is 0 Å². The second-order valence-corrected chi connectivity index (χ2v) is 5.19. The van der Waals surface area contributed by atoms with E-state index in [0.29, 0.717) is 0 Å². The molecule has 2 atom stereocenters. The molecule has 1 fully saturated rings. The highest BCUT2D eigenvalue weighted by Gasteiger charge is 2.35. The van der Waals surface area contributed by atoms with Gasteiger partial charge in [0.05, 0.1) is 5.50 Å². The minimum atomic E-state index is -0.267. The summed E-state index contributed by atoms with van der Waals surface area (Å²) in [6.45, 7) is 6.79. The fraction of sp³-hybridized carbons (Fsp3) is 0.900. The van der Waals surface area contributed by atoms with E-state index in [1.54, 1.807) is 0 Å². The molecule has 0 radical (unpaired) electrons. The zero-order valence-electron chi connectivity index (χ0n) is 8.56. The molecule has 0 aromatic heterocycles. The highest BCUT2D eigenvalue weighted by atomic mass is 35.5. The van der Waals surface area contributed by atoms with E-state index < -0.39 is 0 Å². The Morgan fingerprint density at radius 2 is 2.08 bits per heavy atom. The van der Waals surface area contributed by atoms with Gasteiger partial charge in [-0.15, -0.1) is 11.6 Å². The predicted octanol–water partition coefficient (Wildman–Crippen LogP) is 2.17. The first-order valence-corrected chi connectivity index (χ1v) is 5.28. The second kappa shape index (κ2) is 3.97. The highest BCUT2D eigenvalue weighted by Crippen LogP contribution is 2.28. The van der Waals surface area contributed by atoms with Crippen LogP contribution in [-0.2, 0) is 4.79 Å². The van der Waals surface area contributed by atoms with Crippen LogP contribution in [-0.4, -0.2) is 17.8 Å². The quantitative estimate of drug-likeness (QED) is 0.523. The summed E-state index contributed by atoms with van der Waals surface area (Å²) in [6.07, 6.45) is 1.98. The van der Waals surface area contributed by atoms with Crippen molar-refractivity contribution in [2.75, 3.05) is 6.54 Å². The van der Waals surface area contributed by atoms with Gasteiger partial charge in [0.2, 0.25) is 0 Å². The molecule has 13 heavy (non-hydrogen) atoms. The Morgan fingerprint density at radius 3 is 2.54 bits per heavy atom. The average Bonchev–Trinajstić information content (AvgIpc) is 2.02. The van der Waals surface area contributed by atoms with E-state index in [0.717, 1.165) is 19.4 Å². The Morgan fingerprint density at radius 1 is 1.46 bits per heavy atom. The summed E-state index contributed by atoms with van der Waals surface area (Å²) in [6, 6.07) is 0. The van der Waals surface area contributed by atoms with Gasteiger partial charge in [0.25, 0.3) is 0 Å². The summed E-state index contributed by atoms with van der Waals surface area (Å²) in [5.41, 5.74) is -0.433. The maximum absolute atomic E-state index is 11.9. The van der Waals surface area contributed by atoms with E-state index in [-0.39, 0.29) is 22.6 Å². The third-order valence-electron chi connectivity index (χ3n) is 2.46. The molecule has 0 aromatic rings. The average molecular weight is 204 g/mol. The Kier molecular flexibility index (Phi) is 3.36. The summed E-state index contributed by atoms with van der Waals surface area (Å²) in [5, 5.41) is 3.13. The number of Topliss-reactive ketones (excluding diaryl/α,β-unsaturated/α-hetero) is 1. The third-order valence-corrected chi connectivity index (χ3v) is 2.92. The molecule has 2 nitrogen and oxygen atoms in total. The van der Waals surface area contributed by atoms with Crippen molar-refractivity contribution < 1.29 is 4.79 Å². The van der Waals surface area contributed by atoms with Gasteiger partial charge in [-0.1, -0.05) is 20.8 Å². The topological polar surface area (TPSA) is 29.1 Å². The summed E-state index contributed by atoms with van der Waals surface area (Å²) < 4.78 is 0. The lowest BCUT2D eigenvalue weighted by molar-refractivity contribution is -0.131. The van der Waals surface area contributed by atoms with Gasteiger partial charge >= 0.3 is 0 Å². The number of carbonyl (C=O) groups excluding carboxylic acids is 1. The van der Waals surface area contributed by atoms with Crippen LogP contribution in [0, 0.1) is 11.3 Å². The number of hydrogen-bond donors (Lipinski definition) is 1. The number of carbonyl (C=O) groups is 1. The Bertz CT molecular complexity index is 198. The van der Waals surface area contributed by atoms with Crippen molar-refractivity contribution in [3.63, 3.8) is 0 Å². The predicted molar refractivity (Wildman–Crippen MR) is 54.8 cm³/mol.